The van der Waals surface area contributed by atoms with Crippen molar-refractivity contribution in [2.24, 2.45) is 5.73 Å². The Morgan fingerprint density at radius 3 is 2.82 bits per heavy atom. The summed E-state index contributed by atoms with van der Waals surface area (Å²) in [6.07, 6.45) is -0.393. The van der Waals surface area contributed by atoms with Crippen LogP contribution in [0.3, 0.4) is 0 Å². The Morgan fingerprint density at radius 1 is 1.82 bits per heavy atom. The Kier molecular flexibility index (Phi) is 2.44. The van der Waals surface area contributed by atoms with E-state index in [-0.39, 0.29) is 12.5 Å². The van der Waals surface area contributed by atoms with Crippen LogP contribution in [0.5, 0.6) is 0 Å². The Morgan fingerprint density at radius 2 is 2.45 bits per heavy atom. The number of alkyl halides is 1. The molecule has 4 heteroatoms. The predicted octanol–water partition coefficient (Wildman–Crippen LogP) is -0.0960. The third-order valence-electron chi connectivity index (χ3n) is 1.83. The summed E-state index contributed by atoms with van der Waals surface area (Å²) in [6, 6.07) is -0.500. The first-order valence-electron chi connectivity index (χ1n) is 3.79. The van der Waals surface area contributed by atoms with Gasteiger partial charge in [0.05, 0.1) is 12.6 Å². The second-order valence-corrected chi connectivity index (χ2v) is 2.96. The lowest BCUT2D eigenvalue weighted by Gasteiger charge is -2.16. The maximum absolute atomic E-state index is 12.6. The summed E-state index contributed by atoms with van der Waals surface area (Å²) in [6.45, 7) is 2.36. The first kappa shape index (κ1) is 8.46. The molecule has 1 amide bonds. The number of carbonyl (C=O) groups excluding carboxylic acids is 1. The first-order chi connectivity index (χ1) is 5.11. The second-order valence-electron chi connectivity index (χ2n) is 2.96. The van der Waals surface area contributed by atoms with E-state index in [9.17, 15) is 9.18 Å². The number of likely N-dealkylation sites (tertiary alicyclic amines) is 1. The van der Waals surface area contributed by atoms with E-state index < -0.39 is 12.2 Å². The fraction of sp³-hybridized carbons (Fsp3) is 0.857. The standard InChI is InChI=1S/C7H13FN2O/c1-5(9)7(11)10-3-2-6(8)4-10/h5-6H,2-4,9H2,1H3/t5-,6-/m0/s1. The zero-order valence-corrected chi connectivity index (χ0v) is 6.59. The van der Waals surface area contributed by atoms with Gasteiger partial charge in [-0.15, -0.1) is 0 Å². The maximum atomic E-state index is 12.6. The molecule has 1 aliphatic heterocycles. The number of halogens is 1. The average molecular weight is 160 g/mol. The van der Waals surface area contributed by atoms with Gasteiger partial charge in [0.15, 0.2) is 0 Å². The minimum absolute atomic E-state index is 0.148. The quantitative estimate of drug-likeness (QED) is 0.582. The molecule has 11 heavy (non-hydrogen) atoms. The lowest BCUT2D eigenvalue weighted by molar-refractivity contribution is -0.131. The van der Waals surface area contributed by atoms with Crippen molar-refractivity contribution in [3.8, 4) is 0 Å². The molecule has 0 saturated carbocycles. The van der Waals surface area contributed by atoms with Gasteiger partial charge in [0, 0.05) is 6.54 Å². The third-order valence-corrected chi connectivity index (χ3v) is 1.83. The van der Waals surface area contributed by atoms with Crippen molar-refractivity contribution in [1.82, 2.24) is 4.90 Å². The highest BCUT2D eigenvalue weighted by Gasteiger charge is 2.27. The summed E-state index contributed by atoms with van der Waals surface area (Å²) < 4.78 is 12.6. The molecule has 0 spiro atoms. The number of hydrogen-bond donors (Lipinski definition) is 1. The van der Waals surface area contributed by atoms with E-state index in [1.54, 1.807) is 6.92 Å². The van der Waals surface area contributed by atoms with Gasteiger partial charge in [0.1, 0.15) is 6.17 Å². The highest BCUT2D eigenvalue weighted by Crippen LogP contribution is 2.12. The van der Waals surface area contributed by atoms with Gasteiger partial charge in [0.2, 0.25) is 5.91 Å². The van der Waals surface area contributed by atoms with Gasteiger partial charge < -0.3 is 10.6 Å². The molecule has 0 radical (unpaired) electrons. The molecule has 1 saturated heterocycles. The Balaban J connectivity index is 2.43. The van der Waals surface area contributed by atoms with Gasteiger partial charge in [-0.05, 0) is 13.3 Å². The summed E-state index contributed by atoms with van der Waals surface area (Å²) in [7, 11) is 0. The van der Waals surface area contributed by atoms with Crippen molar-refractivity contribution in [1.29, 1.82) is 0 Å². The van der Waals surface area contributed by atoms with E-state index >= 15 is 0 Å². The number of nitrogens with two attached hydrogens (primary N) is 1. The third kappa shape index (κ3) is 1.89. The normalized spacial score (nSPS) is 27.2. The van der Waals surface area contributed by atoms with E-state index in [2.05, 4.69) is 0 Å². The number of nitrogens with zero attached hydrogens (tertiary/aromatic N) is 1. The van der Waals surface area contributed by atoms with Gasteiger partial charge in [-0.2, -0.15) is 0 Å². The summed E-state index contributed by atoms with van der Waals surface area (Å²) in [5.41, 5.74) is 5.35. The molecular formula is C7H13FN2O. The molecule has 3 nitrogen and oxygen atoms in total. The summed E-state index contributed by atoms with van der Waals surface area (Å²) in [4.78, 5) is 12.6. The topological polar surface area (TPSA) is 46.3 Å². The summed E-state index contributed by atoms with van der Waals surface area (Å²) >= 11 is 0. The van der Waals surface area contributed by atoms with Crippen LogP contribution in [0.4, 0.5) is 4.39 Å². The summed E-state index contributed by atoms with van der Waals surface area (Å²) in [5.74, 6) is -0.148. The minimum Gasteiger partial charge on any atom is -0.338 e. The van der Waals surface area contributed by atoms with Crippen molar-refractivity contribution in [2.45, 2.75) is 25.6 Å². The van der Waals surface area contributed by atoms with Gasteiger partial charge in [0.25, 0.3) is 0 Å². The smallest absolute Gasteiger partial charge is 0.239 e. The lowest BCUT2D eigenvalue weighted by Crippen LogP contribution is -2.40. The zero-order valence-electron chi connectivity index (χ0n) is 6.59. The van der Waals surface area contributed by atoms with E-state index in [4.69, 9.17) is 5.73 Å². The van der Waals surface area contributed by atoms with E-state index in [1.807, 2.05) is 0 Å². The Bertz CT molecular complexity index is 161. The predicted molar refractivity (Wildman–Crippen MR) is 39.7 cm³/mol. The van der Waals surface area contributed by atoms with Crippen molar-refractivity contribution >= 4 is 5.91 Å². The van der Waals surface area contributed by atoms with Crippen LogP contribution in [0.1, 0.15) is 13.3 Å². The molecule has 0 aliphatic carbocycles. The molecule has 0 aromatic carbocycles. The van der Waals surface area contributed by atoms with Gasteiger partial charge in [-0.25, -0.2) is 4.39 Å². The number of hydrogen-bond acceptors (Lipinski definition) is 2. The van der Waals surface area contributed by atoms with Crippen molar-refractivity contribution < 1.29 is 9.18 Å². The second kappa shape index (κ2) is 3.17. The molecular weight excluding hydrogens is 147 g/mol. The van der Waals surface area contributed by atoms with E-state index in [0.29, 0.717) is 13.0 Å². The Labute approximate surface area is 65.3 Å². The molecule has 0 bridgehead atoms. The fourth-order valence-corrected chi connectivity index (χ4v) is 1.21. The number of carbonyl (C=O) groups is 1. The monoisotopic (exact) mass is 160 g/mol. The fourth-order valence-electron chi connectivity index (χ4n) is 1.21. The Hall–Kier alpha value is -0.640. The van der Waals surface area contributed by atoms with Crippen LogP contribution >= 0.6 is 0 Å². The molecule has 64 valence electrons. The van der Waals surface area contributed by atoms with Crippen LogP contribution in [-0.4, -0.2) is 36.1 Å². The molecule has 1 rings (SSSR count). The zero-order chi connectivity index (χ0) is 8.43. The summed E-state index contributed by atoms with van der Waals surface area (Å²) in [5, 5.41) is 0. The molecule has 1 fully saturated rings. The maximum Gasteiger partial charge on any atom is 0.239 e. The van der Waals surface area contributed by atoms with Crippen molar-refractivity contribution in [2.75, 3.05) is 13.1 Å². The van der Waals surface area contributed by atoms with Crippen LogP contribution in [0.2, 0.25) is 0 Å². The lowest BCUT2D eigenvalue weighted by atomic mass is 10.3. The van der Waals surface area contributed by atoms with Crippen LogP contribution < -0.4 is 5.73 Å². The molecule has 2 N–H and O–H groups in total. The molecule has 0 aromatic heterocycles. The van der Waals surface area contributed by atoms with Crippen LogP contribution in [0, 0.1) is 0 Å². The molecule has 1 aliphatic rings. The number of amides is 1. The first-order valence-corrected chi connectivity index (χ1v) is 3.79. The van der Waals surface area contributed by atoms with Crippen molar-refractivity contribution in [3.05, 3.63) is 0 Å². The van der Waals surface area contributed by atoms with E-state index in [0.717, 1.165) is 0 Å². The highest BCUT2D eigenvalue weighted by molar-refractivity contribution is 5.81. The molecule has 0 aromatic rings. The van der Waals surface area contributed by atoms with Gasteiger partial charge >= 0.3 is 0 Å². The van der Waals surface area contributed by atoms with Crippen LogP contribution in [-0.2, 0) is 4.79 Å². The van der Waals surface area contributed by atoms with E-state index in [1.165, 1.54) is 4.90 Å². The van der Waals surface area contributed by atoms with Crippen LogP contribution in [0.15, 0.2) is 0 Å². The molecule has 0 unspecified atom stereocenters. The average Bonchev–Trinajstić information content (AvgIpc) is 2.34. The number of rotatable bonds is 1. The van der Waals surface area contributed by atoms with Crippen LogP contribution in [0.25, 0.3) is 0 Å². The largest absolute Gasteiger partial charge is 0.338 e. The minimum atomic E-state index is -0.849. The SMILES string of the molecule is C[C@H](N)C(=O)N1CC[C@H](F)C1. The van der Waals surface area contributed by atoms with Gasteiger partial charge in [-0.3, -0.25) is 4.79 Å². The molecule has 2 atom stereocenters. The van der Waals surface area contributed by atoms with Gasteiger partial charge in [-0.1, -0.05) is 0 Å². The highest BCUT2D eigenvalue weighted by atomic mass is 19.1. The van der Waals surface area contributed by atoms with Crippen molar-refractivity contribution in [3.63, 3.8) is 0 Å². The molecule has 1 heterocycles.